The average Bonchev–Trinajstić information content (AvgIpc) is 3.04. The lowest BCUT2D eigenvalue weighted by Gasteiger charge is -2.10. The minimum atomic E-state index is -0.410. The molecule has 0 saturated carbocycles. The Hall–Kier alpha value is -2.45. The Balaban J connectivity index is 1.90. The van der Waals surface area contributed by atoms with E-state index in [4.69, 9.17) is 0 Å². The topological polar surface area (TPSA) is 74.8 Å². The molecule has 0 unspecified atom stereocenters. The predicted molar refractivity (Wildman–Crippen MR) is 104 cm³/mol. The van der Waals surface area contributed by atoms with Crippen LogP contribution < -0.4 is 10.9 Å². The van der Waals surface area contributed by atoms with Gasteiger partial charge in [0.2, 0.25) is 5.91 Å². The number of fused-ring (bicyclic) bond motifs is 1. The van der Waals surface area contributed by atoms with Crippen LogP contribution in [0.15, 0.2) is 52.3 Å². The van der Waals surface area contributed by atoms with Crippen LogP contribution in [-0.2, 0) is 4.79 Å². The average molecular weight is 389 g/mol. The molecule has 0 aliphatic carbocycles. The zero-order valence-corrected chi connectivity index (χ0v) is 15.5. The summed E-state index contributed by atoms with van der Waals surface area (Å²) in [6.07, 6.45) is 1.60. The molecule has 0 fully saturated rings. The van der Waals surface area contributed by atoms with Gasteiger partial charge < -0.3 is 10.3 Å². The van der Waals surface area contributed by atoms with Gasteiger partial charge in [-0.3, -0.25) is 9.59 Å². The van der Waals surface area contributed by atoms with E-state index in [-0.39, 0.29) is 17.3 Å². The Morgan fingerprint density at radius 2 is 2.19 bits per heavy atom. The Kier molecular flexibility index (Phi) is 5.53. The molecule has 1 atom stereocenters. The second-order valence-corrected chi connectivity index (χ2v) is 7.69. The number of aromatic amines is 1. The Bertz CT molecular complexity index is 1010. The second-order valence-electron chi connectivity index (χ2n) is 5.50. The summed E-state index contributed by atoms with van der Waals surface area (Å²) in [4.78, 5) is 32.3. The highest BCUT2D eigenvalue weighted by Gasteiger charge is 2.18. The fourth-order valence-electron chi connectivity index (χ4n) is 2.36. The minimum absolute atomic E-state index is 0.157. The van der Waals surface area contributed by atoms with Crippen LogP contribution in [0.25, 0.3) is 21.3 Å². The van der Waals surface area contributed by atoms with Gasteiger partial charge >= 0.3 is 0 Å². The number of nitrogens with one attached hydrogen (secondary N) is 2. The number of nitrogens with zero attached hydrogens (tertiary/aromatic N) is 1. The van der Waals surface area contributed by atoms with Crippen molar-refractivity contribution in [2.75, 3.05) is 6.54 Å². The van der Waals surface area contributed by atoms with Gasteiger partial charge in [0.25, 0.3) is 5.56 Å². The molecule has 1 amide bonds. The van der Waals surface area contributed by atoms with Crippen molar-refractivity contribution in [3.05, 3.63) is 58.5 Å². The maximum Gasteiger partial charge on any atom is 0.260 e. The first-order valence-electron chi connectivity index (χ1n) is 7.82. The van der Waals surface area contributed by atoms with Crippen molar-refractivity contribution in [2.24, 2.45) is 0 Å². The van der Waals surface area contributed by atoms with E-state index < -0.39 is 5.25 Å². The first-order valence-corrected chi connectivity index (χ1v) is 9.58. The van der Waals surface area contributed by atoms with Crippen LogP contribution in [0.4, 0.5) is 4.39 Å². The third kappa shape index (κ3) is 3.86. The third-order valence-corrected chi connectivity index (χ3v) is 5.51. The van der Waals surface area contributed by atoms with E-state index in [1.165, 1.54) is 35.2 Å². The first kappa shape index (κ1) is 18.3. The molecule has 0 bridgehead atoms. The molecule has 5 nitrogen and oxygen atoms in total. The molecule has 8 heteroatoms. The van der Waals surface area contributed by atoms with E-state index in [2.05, 4.69) is 21.9 Å². The second kappa shape index (κ2) is 7.84. The van der Waals surface area contributed by atoms with Gasteiger partial charge in [-0.15, -0.1) is 17.9 Å². The molecular formula is C18H16FN3O2S2. The number of benzene rings is 1. The van der Waals surface area contributed by atoms with Crippen LogP contribution in [0, 0.1) is 5.82 Å². The Labute approximate surface area is 157 Å². The van der Waals surface area contributed by atoms with Crippen molar-refractivity contribution in [1.29, 1.82) is 0 Å². The number of halogens is 1. The van der Waals surface area contributed by atoms with E-state index in [1.54, 1.807) is 25.1 Å². The van der Waals surface area contributed by atoms with Crippen molar-refractivity contribution < 1.29 is 9.18 Å². The number of thiophene rings is 1. The normalized spacial score (nSPS) is 12.1. The molecule has 0 aliphatic heterocycles. The molecule has 3 aromatic rings. The van der Waals surface area contributed by atoms with E-state index in [1.807, 2.05) is 5.38 Å². The number of aromatic nitrogens is 2. The van der Waals surface area contributed by atoms with Gasteiger partial charge in [0.1, 0.15) is 10.6 Å². The third-order valence-electron chi connectivity index (χ3n) is 3.66. The lowest BCUT2D eigenvalue weighted by atomic mass is 10.1. The van der Waals surface area contributed by atoms with Crippen LogP contribution in [0.3, 0.4) is 0 Å². The van der Waals surface area contributed by atoms with Crippen LogP contribution in [0.5, 0.6) is 0 Å². The summed E-state index contributed by atoms with van der Waals surface area (Å²) in [7, 11) is 0. The molecule has 2 N–H and O–H groups in total. The van der Waals surface area contributed by atoms with Gasteiger partial charge in [-0.05, 0) is 24.6 Å². The van der Waals surface area contributed by atoms with Crippen molar-refractivity contribution >= 4 is 39.2 Å². The van der Waals surface area contributed by atoms with Crippen LogP contribution in [-0.4, -0.2) is 27.7 Å². The number of hydrogen-bond acceptors (Lipinski definition) is 5. The van der Waals surface area contributed by atoms with Gasteiger partial charge in [0, 0.05) is 17.5 Å². The molecule has 0 aliphatic rings. The molecule has 2 heterocycles. The monoisotopic (exact) mass is 389 g/mol. The lowest BCUT2D eigenvalue weighted by molar-refractivity contribution is -0.120. The summed E-state index contributed by atoms with van der Waals surface area (Å²) < 4.78 is 13.1. The van der Waals surface area contributed by atoms with Gasteiger partial charge in [-0.25, -0.2) is 9.37 Å². The van der Waals surface area contributed by atoms with E-state index in [0.717, 1.165) is 5.56 Å². The zero-order valence-electron chi connectivity index (χ0n) is 13.9. The number of hydrogen-bond donors (Lipinski definition) is 2. The maximum absolute atomic E-state index is 13.1. The van der Waals surface area contributed by atoms with Gasteiger partial charge in [0.15, 0.2) is 5.16 Å². The molecule has 134 valence electrons. The van der Waals surface area contributed by atoms with E-state index in [0.29, 0.717) is 27.5 Å². The summed E-state index contributed by atoms with van der Waals surface area (Å²) in [6.45, 7) is 5.68. The lowest BCUT2D eigenvalue weighted by Crippen LogP contribution is -2.31. The highest BCUT2D eigenvalue weighted by molar-refractivity contribution is 8.00. The summed E-state index contributed by atoms with van der Waals surface area (Å²) in [5.41, 5.74) is 1.19. The summed E-state index contributed by atoms with van der Waals surface area (Å²) in [6, 6.07) is 5.97. The summed E-state index contributed by atoms with van der Waals surface area (Å²) in [5, 5.41) is 4.98. The van der Waals surface area contributed by atoms with Crippen molar-refractivity contribution in [2.45, 2.75) is 17.3 Å². The first-order chi connectivity index (χ1) is 12.5. The number of rotatable bonds is 6. The highest BCUT2D eigenvalue weighted by atomic mass is 32.2. The highest BCUT2D eigenvalue weighted by Crippen LogP contribution is 2.32. The van der Waals surface area contributed by atoms with Crippen molar-refractivity contribution in [1.82, 2.24) is 15.3 Å². The van der Waals surface area contributed by atoms with Crippen molar-refractivity contribution in [3.8, 4) is 11.1 Å². The number of carbonyl (C=O) groups is 1. The van der Waals surface area contributed by atoms with Crippen molar-refractivity contribution in [3.63, 3.8) is 0 Å². The number of amides is 1. The number of carbonyl (C=O) groups excluding carboxylic acids is 1. The smallest absolute Gasteiger partial charge is 0.260 e. The zero-order chi connectivity index (χ0) is 18.7. The minimum Gasteiger partial charge on any atom is -0.352 e. The fourth-order valence-corrected chi connectivity index (χ4v) is 4.19. The molecule has 0 spiro atoms. The number of thioether (sulfide) groups is 1. The molecule has 0 saturated heterocycles. The van der Waals surface area contributed by atoms with Gasteiger partial charge in [-0.2, -0.15) is 0 Å². The molecular weight excluding hydrogens is 373 g/mol. The van der Waals surface area contributed by atoms with Gasteiger partial charge in [0.05, 0.1) is 10.6 Å². The quantitative estimate of drug-likeness (QED) is 0.384. The van der Waals surface area contributed by atoms with Gasteiger partial charge in [-0.1, -0.05) is 30.0 Å². The Morgan fingerprint density at radius 3 is 2.88 bits per heavy atom. The van der Waals surface area contributed by atoms with Crippen LogP contribution in [0.1, 0.15) is 6.92 Å². The fraction of sp³-hybridized carbons (Fsp3) is 0.167. The maximum atomic E-state index is 13.1. The summed E-state index contributed by atoms with van der Waals surface area (Å²) in [5.74, 6) is -0.487. The van der Waals surface area contributed by atoms with Crippen LogP contribution in [0.2, 0.25) is 0 Å². The molecule has 1 aromatic carbocycles. The SMILES string of the molecule is C=CCNC(=O)[C@@H](C)Sc1nc2scc(-c3ccc(F)cc3)c2c(=O)[nH]1. The largest absolute Gasteiger partial charge is 0.352 e. The standard InChI is InChI=1S/C18H16FN3O2S2/c1-3-8-20-15(23)10(2)26-18-21-16(24)14-13(9-25-17(14)22-18)11-4-6-12(19)7-5-11/h3-7,9-10H,1,8H2,2H3,(H,20,23)(H,21,22,24)/t10-/m1/s1. The van der Waals surface area contributed by atoms with E-state index in [9.17, 15) is 14.0 Å². The molecule has 0 radical (unpaired) electrons. The molecule has 26 heavy (non-hydrogen) atoms. The number of H-pyrrole nitrogens is 1. The van der Waals surface area contributed by atoms with Crippen LogP contribution >= 0.6 is 23.1 Å². The Morgan fingerprint density at radius 1 is 1.46 bits per heavy atom. The molecule has 2 aromatic heterocycles. The molecule has 3 rings (SSSR count). The van der Waals surface area contributed by atoms with E-state index >= 15 is 0 Å². The predicted octanol–water partition coefficient (Wildman–Crippen LogP) is 3.57. The summed E-state index contributed by atoms with van der Waals surface area (Å²) >= 11 is 2.52.